The summed E-state index contributed by atoms with van der Waals surface area (Å²) in [6.07, 6.45) is 2.88. The molecule has 1 amide bonds. The molecule has 1 atom stereocenters. The summed E-state index contributed by atoms with van der Waals surface area (Å²) < 4.78 is 32.7. The first kappa shape index (κ1) is 34.0. The second-order valence-electron chi connectivity index (χ2n) is 12.3. The van der Waals surface area contributed by atoms with Crippen LogP contribution in [0.15, 0.2) is 84.9 Å². The van der Waals surface area contributed by atoms with Crippen LogP contribution in [-0.2, 0) is 9.53 Å². The highest BCUT2D eigenvalue weighted by atomic mass is 35.5. The molecule has 0 aliphatic carbocycles. The molecule has 260 valence electrons. The number of halogens is 3. The average Bonchev–Trinajstić information content (AvgIpc) is 3.68. The molecule has 2 aromatic heterocycles. The van der Waals surface area contributed by atoms with E-state index in [2.05, 4.69) is 25.2 Å². The second kappa shape index (κ2) is 14.8. The number of anilines is 1. The number of aromatic hydroxyl groups is 2. The lowest BCUT2D eigenvalue weighted by Crippen LogP contribution is -2.47. The minimum Gasteiger partial charge on any atom is -0.507 e. The van der Waals surface area contributed by atoms with Crippen LogP contribution in [0.4, 0.5) is 14.6 Å². The van der Waals surface area contributed by atoms with E-state index >= 15 is 0 Å². The third kappa shape index (κ3) is 7.52. The minimum absolute atomic E-state index is 0.0302. The highest BCUT2D eigenvalue weighted by molar-refractivity contribution is 6.34. The van der Waals surface area contributed by atoms with Gasteiger partial charge in [-0.3, -0.25) is 4.79 Å². The zero-order valence-electron chi connectivity index (χ0n) is 27.3. The first-order chi connectivity index (χ1) is 24.7. The number of carbonyl (C=O) groups is 1. The monoisotopic (exact) mass is 710 g/mol. The lowest BCUT2D eigenvalue weighted by atomic mass is 10.0. The van der Waals surface area contributed by atoms with E-state index in [1.807, 2.05) is 6.07 Å². The number of piperidine rings is 1. The Morgan fingerprint density at radius 1 is 0.765 bits per heavy atom. The van der Waals surface area contributed by atoms with Crippen molar-refractivity contribution in [1.82, 2.24) is 25.3 Å². The molecule has 0 spiro atoms. The van der Waals surface area contributed by atoms with Gasteiger partial charge in [0, 0.05) is 36.5 Å². The van der Waals surface area contributed by atoms with Crippen molar-refractivity contribution in [3.63, 3.8) is 0 Å². The van der Waals surface area contributed by atoms with Crippen LogP contribution in [0.25, 0.3) is 44.6 Å². The van der Waals surface area contributed by atoms with Gasteiger partial charge < -0.3 is 25.2 Å². The molecule has 4 heterocycles. The Balaban J connectivity index is 0.000000182. The van der Waals surface area contributed by atoms with Crippen molar-refractivity contribution in [3.8, 4) is 34.3 Å². The number of para-hydroxylation sites is 2. The van der Waals surface area contributed by atoms with Gasteiger partial charge in [-0.25, -0.2) is 28.7 Å². The zero-order chi connectivity index (χ0) is 35.5. The molecule has 2 fully saturated rings. The smallest absolute Gasteiger partial charge is 0.249 e. The number of fused-ring (bicyclic) bond motifs is 2. The van der Waals surface area contributed by atoms with E-state index in [1.165, 1.54) is 30.3 Å². The van der Waals surface area contributed by atoms with Gasteiger partial charge in [0.05, 0.1) is 22.2 Å². The predicted octanol–water partition coefficient (Wildman–Crippen LogP) is 7.20. The first-order valence-corrected chi connectivity index (χ1v) is 16.9. The van der Waals surface area contributed by atoms with Gasteiger partial charge in [-0.1, -0.05) is 35.9 Å². The van der Waals surface area contributed by atoms with Crippen molar-refractivity contribution in [2.45, 2.75) is 37.8 Å². The second-order valence-corrected chi connectivity index (χ2v) is 12.7. The summed E-state index contributed by atoms with van der Waals surface area (Å²) in [5.74, 6) is 0.724. The summed E-state index contributed by atoms with van der Waals surface area (Å²) in [6.45, 7) is 1.98. The van der Waals surface area contributed by atoms with Crippen molar-refractivity contribution in [1.29, 1.82) is 0 Å². The van der Waals surface area contributed by atoms with Gasteiger partial charge in [0.15, 0.2) is 11.6 Å². The molecule has 0 unspecified atom stereocenters. The molecular weight excluding hydrogens is 678 g/mol. The number of benzene rings is 4. The number of amides is 1. The SMILES string of the molecule is O=C(NC1CCN(c2nc(-c3ccccc3O)nc3ccc(F)cc23)CC1)[C@H]1CCCO1.Oc1ccccc1-c1nc(Cl)c2cc(F)ccc2n1. The van der Waals surface area contributed by atoms with Crippen molar-refractivity contribution < 1.29 is 28.5 Å². The number of hydrogen-bond acceptors (Lipinski definition) is 9. The number of ether oxygens (including phenoxy) is 1. The molecule has 2 saturated heterocycles. The lowest BCUT2D eigenvalue weighted by molar-refractivity contribution is -0.130. The molecule has 4 aromatic carbocycles. The van der Waals surface area contributed by atoms with E-state index in [-0.39, 0.29) is 40.5 Å². The topological polar surface area (TPSA) is 134 Å². The zero-order valence-corrected chi connectivity index (χ0v) is 28.0. The molecule has 2 aliphatic heterocycles. The number of aromatic nitrogens is 4. The molecule has 0 radical (unpaired) electrons. The fourth-order valence-corrected chi connectivity index (χ4v) is 6.50. The van der Waals surface area contributed by atoms with Gasteiger partial charge >= 0.3 is 0 Å². The number of phenols is 2. The Morgan fingerprint density at radius 2 is 1.33 bits per heavy atom. The number of hydrogen-bond donors (Lipinski definition) is 3. The Hall–Kier alpha value is -5.46. The fraction of sp³-hybridized carbons (Fsp3) is 0.237. The van der Waals surface area contributed by atoms with E-state index in [4.69, 9.17) is 21.3 Å². The van der Waals surface area contributed by atoms with Crippen LogP contribution in [0.1, 0.15) is 25.7 Å². The largest absolute Gasteiger partial charge is 0.507 e. The number of carbonyl (C=O) groups excluding carboxylic acids is 1. The molecule has 2 aliphatic rings. The molecule has 0 bridgehead atoms. The third-order valence-electron chi connectivity index (χ3n) is 8.90. The average molecular weight is 711 g/mol. The first-order valence-electron chi connectivity index (χ1n) is 16.6. The molecule has 10 nitrogen and oxygen atoms in total. The van der Waals surface area contributed by atoms with E-state index < -0.39 is 5.82 Å². The summed E-state index contributed by atoms with van der Waals surface area (Å²) in [7, 11) is 0. The van der Waals surface area contributed by atoms with Crippen LogP contribution in [0.2, 0.25) is 5.15 Å². The molecular formula is C38H33ClF2N6O4. The summed E-state index contributed by atoms with van der Waals surface area (Å²) in [5, 5.41) is 24.4. The van der Waals surface area contributed by atoms with E-state index in [1.54, 1.807) is 48.5 Å². The van der Waals surface area contributed by atoms with Crippen molar-refractivity contribution in [2.24, 2.45) is 0 Å². The minimum atomic E-state index is -0.395. The van der Waals surface area contributed by atoms with Crippen LogP contribution < -0.4 is 10.2 Å². The van der Waals surface area contributed by atoms with Gasteiger partial charge in [-0.05, 0) is 86.3 Å². The standard InChI is InChI=1S/C24H25FN4O3.C14H8ClFN2O/c25-15-7-8-19-18(14-15)23(28-22(27-19)17-4-1-2-5-20(17)30)29-11-9-16(10-12-29)26-24(31)21-6-3-13-32-21;15-13-10-7-8(16)5-6-11(10)17-14(18-13)9-3-1-2-4-12(9)19/h1-2,4-5,7-8,14,16,21,30H,3,6,9-13H2,(H,26,31);1-7,19H/t21-;/m1./s1. The van der Waals surface area contributed by atoms with Crippen molar-refractivity contribution in [2.75, 3.05) is 24.6 Å². The highest BCUT2D eigenvalue weighted by Crippen LogP contribution is 2.33. The number of rotatable bonds is 5. The van der Waals surface area contributed by atoms with Gasteiger partial charge in [-0.15, -0.1) is 0 Å². The molecule has 51 heavy (non-hydrogen) atoms. The Labute approximate surface area is 296 Å². The van der Waals surface area contributed by atoms with Crippen LogP contribution in [0.5, 0.6) is 11.5 Å². The van der Waals surface area contributed by atoms with Crippen molar-refractivity contribution in [3.05, 3.63) is 102 Å². The number of phenolic OH excluding ortho intramolecular Hbond substituents is 2. The quantitative estimate of drug-likeness (QED) is 0.159. The Bertz CT molecular complexity index is 2230. The maximum absolute atomic E-state index is 14.1. The number of nitrogens with one attached hydrogen (secondary N) is 1. The maximum Gasteiger partial charge on any atom is 0.249 e. The van der Waals surface area contributed by atoms with Crippen LogP contribution >= 0.6 is 11.6 Å². The summed E-state index contributed by atoms with van der Waals surface area (Å²) >= 11 is 6.04. The Morgan fingerprint density at radius 3 is 1.92 bits per heavy atom. The molecule has 8 rings (SSSR count). The van der Waals surface area contributed by atoms with Crippen LogP contribution in [0, 0.1) is 11.6 Å². The Kier molecular flexibility index (Phi) is 9.87. The van der Waals surface area contributed by atoms with E-state index in [0.717, 1.165) is 25.7 Å². The van der Waals surface area contributed by atoms with Gasteiger partial charge in [-0.2, -0.15) is 0 Å². The maximum atomic E-state index is 14.1. The summed E-state index contributed by atoms with van der Waals surface area (Å²) in [5.41, 5.74) is 2.15. The molecule has 13 heteroatoms. The third-order valence-corrected chi connectivity index (χ3v) is 9.19. The normalized spacial score (nSPS) is 16.2. The molecule has 0 saturated carbocycles. The van der Waals surface area contributed by atoms with Crippen molar-refractivity contribution >= 4 is 45.1 Å². The van der Waals surface area contributed by atoms with Gasteiger partial charge in [0.25, 0.3) is 0 Å². The van der Waals surface area contributed by atoms with Gasteiger partial charge in [0.2, 0.25) is 5.91 Å². The fourth-order valence-electron chi connectivity index (χ4n) is 6.27. The van der Waals surface area contributed by atoms with E-state index in [0.29, 0.717) is 70.1 Å². The highest BCUT2D eigenvalue weighted by Gasteiger charge is 2.28. The van der Waals surface area contributed by atoms with Crippen LogP contribution in [-0.4, -0.2) is 67.9 Å². The summed E-state index contributed by atoms with van der Waals surface area (Å²) in [6, 6.07) is 22.3. The molecule has 6 aromatic rings. The number of nitrogens with zero attached hydrogens (tertiary/aromatic N) is 5. The summed E-state index contributed by atoms with van der Waals surface area (Å²) in [4.78, 5) is 32.2. The van der Waals surface area contributed by atoms with E-state index in [9.17, 15) is 23.8 Å². The van der Waals surface area contributed by atoms with Gasteiger partial charge in [0.1, 0.15) is 40.2 Å². The lowest BCUT2D eigenvalue weighted by Gasteiger charge is -2.34. The molecule has 3 N–H and O–H groups in total. The van der Waals surface area contributed by atoms with Crippen LogP contribution in [0.3, 0.4) is 0 Å². The predicted molar refractivity (Wildman–Crippen MR) is 191 cm³/mol.